The number of hydrogen-bond donors (Lipinski definition) is 1. The summed E-state index contributed by atoms with van der Waals surface area (Å²) in [6.45, 7) is 3.99. The topological polar surface area (TPSA) is 45.2 Å². The Kier molecular flexibility index (Phi) is 5.18. The number of halogens is 1. The van der Waals surface area contributed by atoms with Gasteiger partial charge in [0.05, 0.1) is 12.1 Å². The summed E-state index contributed by atoms with van der Waals surface area (Å²) in [5.41, 5.74) is 1.72. The van der Waals surface area contributed by atoms with Crippen LogP contribution in [0, 0.1) is 5.92 Å². The Morgan fingerprint density at radius 2 is 2.22 bits per heavy atom. The van der Waals surface area contributed by atoms with Crippen molar-refractivity contribution in [1.82, 2.24) is 9.88 Å². The molecule has 2 heterocycles. The third-order valence-electron chi connectivity index (χ3n) is 4.10. The summed E-state index contributed by atoms with van der Waals surface area (Å²) in [7, 11) is 0. The molecule has 0 aliphatic carbocycles. The Bertz CT molecular complexity index is 680. The second-order valence-electron chi connectivity index (χ2n) is 6.02. The van der Waals surface area contributed by atoms with Crippen molar-refractivity contribution in [3.8, 4) is 0 Å². The molecule has 1 N–H and O–H groups in total. The van der Waals surface area contributed by atoms with Gasteiger partial charge in [0.15, 0.2) is 5.13 Å². The molecule has 0 spiro atoms. The van der Waals surface area contributed by atoms with Gasteiger partial charge in [-0.15, -0.1) is 11.3 Å². The molecule has 0 unspecified atom stereocenters. The van der Waals surface area contributed by atoms with E-state index in [-0.39, 0.29) is 5.91 Å². The van der Waals surface area contributed by atoms with Gasteiger partial charge in [-0.3, -0.25) is 4.79 Å². The van der Waals surface area contributed by atoms with E-state index in [1.165, 1.54) is 11.3 Å². The van der Waals surface area contributed by atoms with Crippen LogP contribution in [0.4, 0.5) is 10.8 Å². The summed E-state index contributed by atoms with van der Waals surface area (Å²) < 4.78 is 0. The van der Waals surface area contributed by atoms with Crippen LogP contribution in [-0.4, -0.2) is 28.9 Å². The molecule has 1 aromatic carbocycles. The number of anilines is 2. The highest BCUT2D eigenvalue weighted by molar-refractivity contribution is 7.13. The standard InChI is InChI=1S/C17H20ClN3OS/c1-12-5-7-21(8-6-12)16(22)10-15-11-23-17(20-15)19-14-4-2-3-13(18)9-14/h2-4,9,11-12H,5-8,10H2,1H3,(H,19,20). The van der Waals surface area contributed by atoms with Gasteiger partial charge in [-0.25, -0.2) is 4.98 Å². The Morgan fingerprint density at radius 1 is 1.43 bits per heavy atom. The number of carbonyl (C=O) groups is 1. The quantitative estimate of drug-likeness (QED) is 0.892. The van der Waals surface area contributed by atoms with Crippen LogP contribution in [0.25, 0.3) is 0 Å². The van der Waals surface area contributed by atoms with Crippen molar-refractivity contribution >= 4 is 39.7 Å². The van der Waals surface area contributed by atoms with Gasteiger partial charge in [-0.05, 0) is 37.0 Å². The van der Waals surface area contributed by atoms with Gasteiger partial charge in [-0.2, -0.15) is 0 Å². The fourth-order valence-electron chi connectivity index (χ4n) is 2.66. The van der Waals surface area contributed by atoms with Gasteiger partial charge in [0.2, 0.25) is 5.91 Å². The first-order valence-electron chi connectivity index (χ1n) is 7.85. The molecule has 1 saturated heterocycles. The number of thiazole rings is 1. The zero-order valence-corrected chi connectivity index (χ0v) is 14.7. The fraction of sp³-hybridized carbons (Fsp3) is 0.412. The summed E-state index contributed by atoms with van der Waals surface area (Å²) in [6, 6.07) is 7.51. The zero-order chi connectivity index (χ0) is 16.2. The van der Waals surface area contributed by atoms with E-state index >= 15 is 0 Å². The summed E-state index contributed by atoms with van der Waals surface area (Å²) in [5, 5.41) is 6.63. The predicted octanol–water partition coefficient (Wildman–Crippen LogP) is 4.34. The molecule has 0 atom stereocenters. The van der Waals surface area contributed by atoms with Crippen LogP contribution in [0.15, 0.2) is 29.6 Å². The molecule has 2 aromatic rings. The lowest BCUT2D eigenvalue weighted by Gasteiger charge is -2.30. The van der Waals surface area contributed by atoms with E-state index in [4.69, 9.17) is 11.6 Å². The van der Waals surface area contributed by atoms with Crippen LogP contribution in [0.2, 0.25) is 5.02 Å². The van der Waals surface area contributed by atoms with E-state index in [1.54, 1.807) is 0 Å². The van der Waals surface area contributed by atoms with Crippen molar-refractivity contribution in [2.24, 2.45) is 5.92 Å². The van der Waals surface area contributed by atoms with E-state index in [0.29, 0.717) is 11.4 Å². The second kappa shape index (κ2) is 7.32. The Morgan fingerprint density at radius 3 is 2.96 bits per heavy atom. The first-order valence-corrected chi connectivity index (χ1v) is 9.10. The van der Waals surface area contributed by atoms with Gasteiger partial charge < -0.3 is 10.2 Å². The molecule has 122 valence electrons. The van der Waals surface area contributed by atoms with E-state index < -0.39 is 0 Å². The minimum atomic E-state index is 0.177. The maximum absolute atomic E-state index is 12.3. The van der Waals surface area contributed by atoms with Crippen LogP contribution in [-0.2, 0) is 11.2 Å². The van der Waals surface area contributed by atoms with E-state index in [0.717, 1.165) is 48.4 Å². The molecule has 1 fully saturated rings. The number of aromatic nitrogens is 1. The van der Waals surface area contributed by atoms with Crippen LogP contribution < -0.4 is 5.32 Å². The minimum Gasteiger partial charge on any atom is -0.342 e. The molecule has 0 bridgehead atoms. The maximum Gasteiger partial charge on any atom is 0.228 e. The van der Waals surface area contributed by atoms with Gasteiger partial charge >= 0.3 is 0 Å². The number of hydrogen-bond acceptors (Lipinski definition) is 4. The number of likely N-dealkylation sites (tertiary alicyclic amines) is 1. The van der Waals surface area contributed by atoms with Gasteiger partial charge in [0.1, 0.15) is 0 Å². The normalized spacial score (nSPS) is 15.7. The van der Waals surface area contributed by atoms with E-state index in [9.17, 15) is 4.79 Å². The first-order chi connectivity index (χ1) is 11.1. The molecule has 1 aliphatic rings. The summed E-state index contributed by atoms with van der Waals surface area (Å²) in [6.07, 6.45) is 2.58. The predicted molar refractivity (Wildman–Crippen MR) is 95.5 cm³/mol. The monoisotopic (exact) mass is 349 g/mol. The van der Waals surface area contributed by atoms with Crippen molar-refractivity contribution in [3.63, 3.8) is 0 Å². The Hall–Kier alpha value is -1.59. The van der Waals surface area contributed by atoms with Crippen LogP contribution >= 0.6 is 22.9 Å². The third kappa shape index (κ3) is 4.45. The molecule has 0 radical (unpaired) electrons. The molecule has 1 aliphatic heterocycles. The molecule has 1 amide bonds. The van der Waals surface area contributed by atoms with Crippen molar-refractivity contribution < 1.29 is 4.79 Å². The van der Waals surface area contributed by atoms with E-state index in [2.05, 4.69) is 17.2 Å². The molecule has 4 nitrogen and oxygen atoms in total. The lowest BCUT2D eigenvalue weighted by Crippen LogP contribution is -2.38. The molecular weight excluding hydrogens is 330 g/mol. The lowest BCUT2D eigenvalue weighted by atomic mass is 9.99. The second-order valence-corrected chi connectivity index (χ2v) is 7.31. The fourth-order valence-corrected chi connectivity index (χ4v) is 3.58. The highest BCUT2D eigenvalue weighted by Crippen LogP contribution is 2.24. The maximum atomic E-state index is 12.3. The van der Waals surface area contributed by atoms with Crippen LogP contribution in [0.5, 0.6) is 0 Å². The van der Waals surface area contributed by atoms with Crippen molar-refractivity contribution in [2.75, 3.05) is 18.4 Å². The zero-order valence-electron chi connectivity index (χ0n) is 13.1. The third-order valence-corrected chi connectivity index (χ3v) is 5.14. The van der Waals surface area contributed by atoms with Crippen LogP contribution in [0.1, 0.15) is 25.5 Å². The van der Waals surface area contributed by atoms with Gasteiger partial charge in [0, 0.05) is 29.2 Å². The largest absolute Gasteiger partial charge is 0.342 e. The van der Waals surface area contributed by atoms with Gasteiger partial charge in [-0.1, -0.05) is 24.6 Å². The number of carbonyl (C=O) groups excluding carboxylic acids is 1. The number of rotatable bonds is 4. The smallest absolute Gasteiger partial charge is 0.228 e. The number of benzene rings is 1. The van der Waals surface area contributed by atoms with Crippen LogP contribution in [0.3, 0.4) is 0 Å². The molecular formula is C17H20ClN3OS. The van der Waals surface area contributed by atoms with Gasteiger partial charge in [0.25, 0.3) is 0 Å². The highest BCUT2D eigenvalue weighted by Gasteiger charge is 2.21. The van der Waals surface area contributed by atoms with Crippen molar-refractivity contribution in [2.45, 2.75) is 26.2 Å². The molecule has 6 heteroatoms. The summed E-state index contributed by atoms with van der Waals surface area (Å²) in [4.78, 5) is 18.8. The minimum absolute atomic E-state index is 0.177. The Labute approximate surface area is 145 Å². The molecule has 3 rings (SSSR count). The number of nitrogens with one attached hydrogen (secondary N) is 1. The number of nitrogens with zero attached hydrogens (tertiary/aromatic N) is 2. The number of piperidine rings is 1. The average Bonchev–Trinajstić information content (AvgIpc) is 2.95. The molecule has 1 aromatic heterocycles. The molecule has 23 heavy (non-hydrogen) atoms. The van der Waals surface area contributed by atoms with E-state index in [1.807, 2.05) is 34.5 Å². The van der Waals surface area contributed by atoms with Crippen molar-refractivity contribution in [1.29, 1.82) is 0 Å². The SMILES string of the molecule is CC1CCN(C(=O)Cc2csc(Nc3cccc(Cl)c3)n2)CC1. The molecule has 0 saturated carbocycles. The summed E-state index contributed by atoms with van der Waals surface area (Å²) >= 11 is 7.48. The summed E-state index contributed by atoms with van der Waals surface area (Å²) in [5.74, 6) is 0.906. The number of amides is 1. The lowest BCUT2D eigenvalue weighted by molar-refractivity contribution is -0.131. The highest BCUT2D eigenvalue weighted by atomic mass is 35.5. The average molecular weight is 350 g/mol. The Balaban J connectivity index is 1.57. The van der Waals surface area contributed by atoms with Crippen molar-refractivity contribution in [3.05, 3.63) is 40.4 Å². The first kappa shape index (κ1) is 16.3.